The van der Waals surface area contributed by atoms with Gasteiger partial charge in [0.05, 0.1) is 19.0 Å². The third-order valence-electron chi connectivity index (χ3n) is 2.96. The van der Waals surface area contributed by atoms with Gasteiger partial charge in [0.15, 0.2) is 0 Å². The summed E-state index contributed by atoms with van der Waals surface area (Å²) in [7, 11) is 3.17. The number of carbonyl (C=O) groups excluding carboxylic acids is 1. The Bertz CT molecular complexity index is 667. The van der Waals surface area contributed by atoms with Crippen LogP contribution in [0, 0.1) is 6.92 Å². The van der Waals surface area contributed by atoms with Crippen molar-refractivity contribution < 1.29 is 9.53 Å². The second-order valence-corrected chi connectivity index (χ2v) is 4.73. The number of amides is 1. The van der Waals surface area contributed by atoms with Gasteiger partial charge in [-0.3, -0.25) is 9.48 Å². The Morgan fingerprint density at radius 3 is 2.75 bits per heavy atom. The number of benzene rings is 1. The Hall–Kier alpha value is -2.21. The number of aromatic nitrogens is 2. The lowest BCUT2D eigenvalue weighted by Crippen LogP contribution is -2.14. The Morgan fingerprint density at radius 2 is 2.20 bits per heavy atom. The zero-order valence-electron chi connectivity index (χ0n) is 11.4. The molecule has 1 aromatic heterocycles. The van der Waals surface area contributed by atoms with Gasteiger partial charge in [-0.1, -0.05) is 11.6 Å². The average molecular weight is 295 g/mol. The molecule has 20 heavy (non-hydrogen) atoms. The summed E-state index contributed by atoms with van der Waals surface area (Å²) in [5, 5.41) is 7.25. The highest BCUT2D eigenvalue weighted by Gasteiger charge is 2.16. The van der Waals surface area contributed by atoms with E-state index in [9.17, 15) is 4.79 Å². The topological polar surface area (TPSA) is 82.2 Å². The minimum absolute atomic E-state index is 0.298. The molecule has 0 aliphatic heterocycles. The summed E-state index contributed by atoms with van der Waals surface area (Å²) < 4.78 is 6.63. The van der Waals surface area contributed by atoms with Crippen LogP contribution < -0.4 is 15.8 Å². The van der Waals surface area contributed by atoms with Gasteiger partial charge < -0.3 is 15.8 Å². The van der Waals surface area contributed by atoms with Crippen molar-refractivity contribution in [3.05, 3.63) is 34.5 Å². The number of nitrogens with one attached hydrogen (secondary N) is 1. The van der Waals surface area contributed by atoms with Gasteiger partial charge in [0.1, 0.15) is 17.1 Å². The van der Waals surface area contributed by atoms with Crippen molar-refractivity contribution >= 4 is 29.0 Å². The number of hydrogen-bond donors (Lipinski definition) is 2. The standard InChI is InChI=1S/C13H15ClN4O2/c1-7-4-10(11(20-3)5-9(7)14)17-13(19)8-6-16-18(2)12(8)15/h4-6H,15H2,1-3H3,(H,17,19). The minimum atomic E-state index is -0.351. The van der Waals surface area contributed by atoms with E-state index < -0.39 is 0 Å². The van der Waals surface area contributed by atoms with Crippen molar-refractivity contribution in [2.45, 2.75) is 6.92 Å². The first-order chi connectivity index (χ1) is 9.43. The maximum absolute atomic E-state index is 12.2. The first kappa shape index (κ1) is 14.2. The van der Waals surface area contributed by atoms with Crippen molar-refractivity contribution in [2.75, 3.05) is 18.2 Å². The molecular weight excluding hydrogens is 280 g/mol. The molecule has 106 valence electrons. The van der Waals surface area contributed by atoms with E-state index in [1.807, 2.05) is 6.92 Å². The number of carbonyl (C=O) groups is 1. The number of anilines is 2. The molecule has 0 spiro atoms. The first-order valence-corrected chi connectivity index (χ1v) is 6.24. The van der Waals surface area contributed by atoms with Gasteiger partial charge in [-0.05, 0) is 18.6 Å². The second-order valence-electron chi connectivity index (χ2n) is 4.32. The summed E-state index contributed by atoms with van der Waals surface area (Å²) in [6, 6.07) is 3.39. The van der Waals surface area contributed by atoms with Crippen LogP contribution in [0.15, 0.2) is 18.3 Å². The molecule has 0 saturated heterocycles. The molecule has 0 unspecified atom stereocenters. The van der Waals surface area contributed by atoms with E-state index in [-0.39, 0.29) is 5.91 Å². The van der Waals surface area contributed by atoms with E-state index in [1.165, 1.54) is 18.0 Å². The molecule has 1 aromatic carbocycles. The van der Waals surface area contributed by atoms with Crippen molar-refractivity contribution in [2.24, 2.45) is 7.05 Å². The predicted octanol–water partition coefficient (Wildman–Crippen LogP) is 2.23. The molecule has 7 heteroatoms. The van der Waals surface area contributed by atoms with Gasteiger partial charge in [0.25, 0.3) is 5.91 Å². The Kier molecular flexibility index (Phi) is 3.85. The number of methoxy groups -OCH3 is 1. The molecule has 1 amide bonds. The number of ether oxygens (including phenoxy) is 1. The number of nitrogens with zero attached hydrogens (tertiary/aromatic N) is 2. The number of halogens is 1. The number of nitrogen functional groups attached to an aromatic ring is 1. The van der Waals surface area contributed by atoms with Gasteiger partial charge in [0, 0.05) is 18.1 Å². The highest BCUT2D eigenvalue weighted by atomic mass is 35.5. The molecule has 0 fully saturated rings. The molecule has 0 saturated carbocycles. The maximum atomic E-state index is 12.2. The highest BCUT2D eigenvalue weighted by Crippen LogP contribution is 2.31. The van der Waals surface area contributed by atoms with Crippen LogP contribution in [0.1, 0.15) is 15.9 Å². The molecular formula is C13H15ClN4O2. The number of aryl methyl sites for hydroxylation is 2. The largest absolute Gasteiger partial charge is 0.495 e. The van der Waals surface area contributed by atoms with E-state index in [0.717, 1.165) is 5.56 Å². The lowest BCUT2D eigenvalue weighted by atomic mass is 10.2. The summed E-state index contributed by atoms with van der Waals surface area (Å²) in [5.41, 5.74) is 7.44. The van der Waals surface area contributed by atoms with Gasteiger partial charge >= 0.3 is 0 Å². The summed E-state index contributed by atoms with van der Waals surface area (Å²) in [6.07, 6.45) is 1.42. The smallest absolute Gasteiger partial charge is 0.261 e. The Morgan fingerprint density at radius 1 is 1.50 bits per heavy atom. The molecule has 6 nitrogen and oxygen atoms in total. The normalized spacial score (nSPS) is 10.4. The molecule has 0 aliphatic carbocycles. The average Bonchev–Trinajstić information content (AvgIpc) is 2.74. The lowest BCUT2D eigenvalue weighted by molar-refractivity contribution is 0.102. The van der Waals surface area contributed by atoms with Crippen molar-refractivity contribution in [1.29, 1.82) is 0 Å². The van der Waals surface area contributed by atoms with Crippen molar-refractivity contribution in [3.63, 3.8) is 0 Å². The molecule has 0 atom stereocenters. The SMILES string of the molecule is COc1cc(Cl)c(C)cc1NC(=O)c1cnn(C)c1N. The van der Waals surface area contributed by atoms with E-state index in [2.05, 4.69) is 10.4 Å². The monoisotopic (exact) mass is 294 g/mol. The first-order valence-electron chi connectivity index (χ1n) is 5.87. The van der Waals surface area contributed by atoms with E-state index in [4.69, 9.17) is 22.1 Å². The van der Waals surface area contributed by atoms with Gasteiger partial charge in [-0.15, -0.1) is 0 Å². The fraction of sp³-hybridized carbons (Fsp3) is 0.231. The zero-order valence-corrected chi connectivity index (χ0v) is 12.2. The number of hydrogen-bond acceptors (Lipinski definition) is 4. The van der Waals surface area contributed by atoms with Crippen molar-refractivity contribution in [1.82, 2.24) is 9.78 Å². The van der Waals surface area contributed by atoms with Gasteiger partial charge in [-0.25, -0.2) is 0 Å². The molecule has 2 aromatic rings. The highest BCUT2D eigenvalue weighted by molar-refractivity contribution is 6.31. The van der Waals surface area contributed by atoms with Crippen LogP contribution >= 0.6 is 11.6 Å². The van der Waals surface area contributed by atoms with E-state index in [0.29, 0.717) is 27.8 Å². The summed E-state index contributed by atoms with van der Waals surface area (Å²) >= 11 is 6.02. The molecule has 0 bridgehead atoms. The van der Waals surface area contributed by atoms with Crippen LogP contribution in [0.5, 0.6) is 5.75 Å². The molecule has 3 N–H and O–H groups in total. The molecule has 2 rings (SSSR count). The Balaban J connectivity index is 2.32. The van der Waals surface area contributed by atoms with E-state index in [1.54, 1.807) is 19.2 Å². The van der Waals surface area contributed by atoms with Crippen LogP contribution in [0.25, 0.3) is 0 Å². The fourth-order valence-corrected chi connectivity index (χ4v) is 1.90. The Labute approximate surface area is 121 Å². The molecule has 1 heterocycles. The predicted molar refractivity (Wildman–Crippen MR) is 78.3 cm³/mol. The third kappa shape index (κ3) is 2.55. The lowest BCUT2D eigenvalue weighted by Gasteiger charge is -2.12. The van der Waals surface area contributed by atoms with Crippen LogP contribution in [-0.4, -0.2) is 22.8 Å². The summed E-state index contributed by atoms with van der Waals surface area (Å²) in [4.78, 5) is 12.2. The maximum Gasteiger partial charge on any atom is 0.261 e. The minimum Gasteiger partial charge on any atom is -0.495 e. The zero-order chi connectivity index (χ0) is 14.9. The fourth-order valence-electron chi connectivity index (χ4n) is 1.74. The summed E-state index contributed by atoms with van der Waals surface area (Å²) in [6.45, 7) is 1.84. The molecule has 0 aliphatic rings. The number of rotatable bonds is 3. The van der Waals surface area contributed by atoms with Crippen molar-refractivity contribution in [3.8, 4) is 5.75 Å². The number of nitrogens with two attached hydrogens (primary N) is 1. The van der Waals surface area contributed by atoms with Gasteiger partial charge in [-0.2, -0.15) is 5.10 Å². The van der Waals surface area contributed by atoms with Crippen LogP contribution in [0.2, 0.25) is 5.02 Å². The van der Waals surface area contributed by atoms with Crippen LogP contribution in [0.4, 0.5) is 11.5 Å². The van der Waals surface area contributed by atoms with Gasteiger partial charge in [0.2, 0.25) is 0 Å². The quantitative estimate of drug-likeness (QED) is 0.909. The summed E-state index contributed by atoms with van der Waals surface area (Å²) in [5.74, 6) is 0.430. The molecule has 0 radical (unpaired) electrons. The van der Waals surface area contributed by atoms with E-state index >= 15 is 0 Å². The van der Waals surface area contributed by atoms with Crippen LogP contribution in [-0.2, 0) is 7.05 Å². The van der Waals surface area contributed by atoms with Crippen LogP contribution in [0.3, 0.4) is 0 Å². The third-order valence-corrected chi connectivity index (χ3v) is 3.37. The second kappa shape index (κ2) is 5.42.